The van der Waals surface area contributed by atoms with Crippen LogP contribution in [-0.4, -0.2) is 20.6 Å². The van der Waals surface area contributed by atoms with E-state index in [2.05, 4.69) is 36.6 Å². The number of nitrogens with zero attached hydrogens (tertiary/aromatic N) is 3. The molecule has 1 aromatic carbocycles. The Bertz CT molecular complexity index is 780. The molecule has 0 unspecified atom stereocenters. The van der Waals surface area contributed by atoms with Crippen molar-refractivity contribution >= 4 is 26.9 Å². The van der Waals surface area contributed by atoms with Crippen LogP contribution in [-0.2, 0) is 0 Å². The van der Waals surface area contributed by atoms with E-state index in [1.54, 1.807) is 0 Å². The summed E-state index contributed by atoms with van der Waals surface area (Å²) in [4.78, 5) is 12.0. The molecule has 90 valence electrons. The Balaban J connectivity index is 2.46. The van der Waals surface area contributed by atoms with Gasteiger partial charge in [0.1, 0.15) is 5.56 Å². The van der Waals surface area contributed by atoms with Crippen LogP contribution in [0.1, 0.15) is 5.56 Å². The largest absolute Gasteiger partial charge is 0.421 e. The number of nitrogens with one attached hydrogen (secondary N) is 1. The van der Waals surface area contributed by atoms with Crippen LogP contribution in [0.4, 0.5) is 0 Å². The van der Waals surface area contributed by atoms with Crippen LogP contribution in [0.3, 0.4) is 0 Å². The minimum atomic E-state index is -0.478. The lowest BCUT2D eigenvalue weighted by Gasteiger charge is -2.05. The molecule has 0 aliphatic heterocycles. The van der Waals surface area contributed by atoms with Crippen molar-refractivity contribution < 1.29 is 4.42 Å². The van der Waals surface area contributed by atoms with Gasteiger partial charge in [-0.3, -0.25) is 0 Å². The van der Waals surface area contributed by atoms with Crippen LogP contribution in [0.15, 0.2) is 31.9 Å². The molecule has 2 heterocycles. The van der Waals surface area contributed by atoms with E-state index >= 15 is 0 Å². The molecule has 7 heteroatoms. The van der Waals surface area contributed by atoms with Gasteiger partial charge in [-0.15, -0.1) is 10.2 Å². The van der Waals surface area contributed by atoms with Gasteiger partial charge in [0, 0.05) is 5.39 Å². The fourth-order valence-electron chi connectivity index (χ4n) is 1.87. The number of tetrazole rings is 1. The van der Waals surface area contributed by atoms with Gasteiger partial charge < -0.3 is 4.42 Å². The fourth-order valence-corrected chi connectivity index (χ4v) is 2.31. The third-order valence-corrected chi connectivity index (χ3v) is 3.34. The Morgan fingerprint density at radius 1 is 1.39 bits per heavy atom. The highest BCUT2D eigenvalue weighted by atomic mass is 79.9. The zero-order chi connectivity index (χ0) is 12.7. The third-order valence-electron chi connectivity index (χ3n) is 2.71. The van der Waals surface area contributed by atoms with Crippen LogP contribution in [0, 0.1) is 6.92 Å². The van der Waals surface area contributed by atoms with E-state index in [0.717, 1.165) is 15.4 Å². The van der Waals surface area contributed by atoms with E-state index in [4.69, 9.17) is 4.42 Å². The van der Waals surface area contributed by atoms with Crippen molar-refractivity contribution in [2.24, 2.45) is 0 Å². The number of hydrogen-bond donors (Lipinski definition) is 1. The van der Waals surface area contributed by atoms with E-state index in [0.29, 0.717) is 11.1 Å². The highest BCUT2D eigenvalue weighted by molar-refractivity contribution is 9.10. The first-order valence-corrected chi connectivity index (χ1v) is 5.93. The molecule has 0 atom stereocenters. The molecular formula is C11H7BrN4O2. The maximum Gasteiger partial charge on any atom is 0.347 e. The summed E-state index contributed by atoms with van der Waals surface area (Å²) in [5, 5.41) is 14.2. The highest BCUT2D eigenvalue weighted by Gasteiger charge is 2.17. The van der Waals surface area contributed by atoms with Crippen molar-refractivity contribution in [3.05, 3.63) is 38.7 Å². The summed E-state index contributed by atoms with van der Waals surface area (Å²) in [6.45, 7) is 1.83. The third kappa shape index (κ3) is 1.55. The first-order chi connectivity index (χ1) is 8.68. The number of para-hydroxylation sites is 1. The molecule has 0 aliphatic rings. The molecule has 3 aromatic rings. The molecule has 0 radical (unpaired) electrons. The molecule has 0 saturated carbocycles. The maximum absolute atomic E-state index is 12.0. The molecule has 0 aliphatic carbocycles. The Kier molecular flexibility index (Phi) is 2.48. The van der Waals surface area contributed by atoms with E-state index in [1.165, 1.54) is 0 Å². The van der Waals surface area contributed by atoms with Crippen LogP contribution in [0.25, 0.3) is 22.4 Å². The lowest BCUT2D eigenvalue weighted by atomic mass is 10.1. The SMILES string of the molecule is Cc1c(-c2nn[nH]n2)c(=O)oc2c(Br)cccc12. The number of aromatic nitrogens is 4. The predicted octanol–water partition coefficient (Wildman–Crippen LogP) is 2.04. The molecule has 0 fully saturated rings. The van der Waals surface area contributed by atoms with Crippen LogP contribution in [0.2, 0.25) is 0 Å². The summed E-state index contributed by atoms with van der Waals surface area (Å²) >= 11 is 3.36. The molecule has 18 heavy (non-hydrogen) atoms. The number of aryl methyl sites for hydroxylation is 1. The molecular weight excluding hydrogens is 300 g/mol. The molecule has 0 bridgehead atoms. The second-order valence-corrected chi connectivity index (χ2v) is 4.60. The number of H-pyrrole nitrogens is 1. The summed E-state index contributed by atoms with van der Waals surface area (Å²) in [5.74, 6) is 0.239. The normalized spacial score (nSPS) is 11.0. The Morgan fingerprint density at radius 3 is 2.94 bits per heavy atom. The summed E-state index contributed by atoms with van der Waals surface area (Å²) in [6, 6.07) is 5.57. The quantitative estimate of drug-likeness (QED) is 0.695. The minimum absolute atomic E-state index is 0.239. The van der Waals surface area contributed by atoms with Crippen molar-refractivity contribution in [3.8, 4) is 11.4 Å². The monoisotopic (exact) mass is 306 g/mol. The van der Waals surface area contributed by atoms with Gasteiger partial charge in [-0.25, -0.2) is 4.79 Å². The Labute approximate surface area is 109 Å². The van der Waals surface area contributed by atoms with Crippen molar-refractivity contribution in [2.45, 2.75) is 6.92 Å². The molecule has 6 nitrogen and oxygen atoms in total. The number of fused-ring (bicyclic) bond motifs is 1. The number of hydrogen-bond acceptors (Lipinski definition) is 5. The van der Waals surface area contributed by atoms with Gasteiger partial charge in [0.05, 0.1) is 4.47 Å². The summed E-state index contributed by atoms with van der Waals surface area (Å²) in [6.07, 6.45) is 0. The second-order valence-electron chi connectivity index (χ2n) is 3.74. The average molecular weight is 307 g/mol. The lowest BCUT2D eigenvalue weighted by molar-refractivity contribution is 0.560. The van der Waals surface area contributed by atoms with Gasteiger partial charge in [0.15, 0.2) is 5.58 Å². The predicted molar refractivity (Wildman–Crippen MR) is 68.1 cm³/mol. The number of rotatable bonds is 1. The van der Waals surface area contributed by atoms with E-state index < -0.39 is 5.63 Å². The first kappa shape index (κ1) is 11.1. The van der Waals surface area contributed by atoms with Crippen molar-refractivity contribution in [3.63, 3.8) is 0 Å². The first-order valence-electron chi connectivity index (χ1n) is 5.14. The van der Waals surface area contributed by atoms with Crippen LogP contribution in [0.5, 0.6) is 0 Å². The number of halogens is 1. The molecule has 0 spiro atoms. The molecule has 0 saturated heterocycles. The Hall–Kier alpha value is -2.02. The zero-order valence-corrected chi connectivity index (χ0v) is 10.9. The Morgan fingerprint density at radius 2 is 2.22 bits per heavy atom. The smallest absolute Gasteiger partial charge is 0.347 e. The molecule has 0 amide bonds. The van der Waals surface area contributed by atoms with Gasteiger partial charge in [-0.1, -0.05) is 12.1 Å². The van der Waals surface area contributed by atoms with Crippen molar-refractivity contribution in [2.75, 3.05) is 0 Å². The van der Waals surface area contributed by atoms with Crippen molar-refractivity contribution in [1.82, 2.24) is 20.6 Å². The van der Waals surface area contributed by atoms with Crippen LogP contribution >= 0.6 is 15.9 Å². The van der Waals surface area contributed by atoms with Gasteiger partial charge in [-0.2, -0.15) is 5.21 Å². The zero-order valence-electron chi connectivity index (χ0n) is 9.27. The molecule has 1 N–H and O–H groups in total. The van der Waals surface area contributed by atoms with Gasteiger partial charge in [0.2, 0.25) is 5.82 Å². The molecule has 2 aromatic heterocycles. The van der Waals surface area contributed by atoms with Gasteiger partial charge in [0.25, 0.3) is 0 Å². The maximum atomic E-state index is 12.0. The number of aromatic amines is 1. The van der Waals surface area contributed by atoms with Crippen LogP contribution < -0.4 is 5.63 Å². The van der Waals surface area contributed by atoms with E-state index in [-0.39, 0.29) is 5.82 Å². The summed E-state index contributed by atoms with van der Waals surface area (Å²) in [7, 11) is 0. The van der Waals surface area contributed by atoms with Crippen molar-refractivity contribution in [1.29, 1.82) is 0 Å². The van der Waals surface area contributed by atoms with Gasteiger partial charge in [-0.05, 0) is 39.7 Å². The van der Waals surface area contributed by atoms with E-state index in [1.807, 2.05) is 25.1 Å². The number of benzene rings is 1. The molecule has 3 rings (SSSR count). The fraction of sp³-hybridized carbons (Fsp3) is 0.0909. The summed E-state index contributed by atoms with van der Waals surface area (Å²) < 4.78 is 6.04. The topological polar surface area (TPSA) is 84.7 Å². The second kappa shape index (κ2) is 4.02. The van der Waals surface area contributed by atoms with Gasteiger partial charge >= 0.3 is 5.63 Å². The lowest BCUT2D eigenvalue weighted by Crippen LogP contribution is -2.07. The highest BCUT2D eigenvalue weighted by Crippen LogP contribution is 2.28. The average Bonchev–Trinajstić information content (AvgIpc) is 2.84. The van der Waals surface area contributed by atoms with E-state index in [9.17, 15) is 4.79 Å². The standard InChI is InChI=1S/C11H7BrN4O2/c1-5-6-3-2-4-7(12)9(6)18-11(17)8(5)10-13-15-16-14-10/h2-4H,1H3,(H,13,14,15,16). The summed E-state index contributed by atoms with van der Waals surface area (Å²) in [5.41, 5.74) is 1.14. The minimum Gasteiger partial charge on any atom is -0.421 e.